The maximum absolute atomic E-state index is 13.4. The third-order valence-corrected chi connectivity index (χ3v) is 4.53. The first kappa shape index (κ1) is 18.6. The maximum Gasteiger partial charge on any atom is 0.174 e. The van der Waals surface area contributed by atoms with Gasteiger partial charge in [0.2, 0.25) is 0 Å². The molecule has 2 aromatic heterocycles. The van der Waals surface area contributed by atoms with Crippen molar-refractivity contribution in [2.45, 2.75) is 20.3 Å². The number of nitrogens with one attached hydrogen (secondary N) is 1. The van der Waals surface area contributed by atoms with E-state index >= 15 is 0 Å². The number of rotatable bonds is 6. The van der Waals surface area contributed by atoms with Crippen LogP contribution in [0.25, 0.3) is 22.6 Å². The molecule has 0 radical (unpaired) electrons. The Balaban J connectivity index is 1.58. The minimum absolute atomic E-state index is 0.319. The van der Waals surface area contributed by atoms with Gasteiger partial charge < -0.3 is 14.1 Å². The van der Waals surface area contributed by atoms with Crippen LogP contribution in [0.2, 0.25) is 5.02 Å². The number of nitrogens with zero attached hydrogens (tertiary/aromatic N) is 1. The second kappa shape index (κ2) is 7.68. The molecule has 6 heteroatoms. The zero-order valence-corrected chi connectivity index (χ0v) is 16.4. The van der Waals surface area contributed by atoms with Gasteiger partial charge in [-0.05, 0) is 48.4 Å². The highest BCUT2D eigenvalue weighted by molar-refractivity contribution is 6.30. The molecule has 0 saturated carbocycles. The lowest BCUT2D eigenvalue weighted by atomic mass is 10.1. The summed E-state index contributed by atoms with van der Waals surface area (Å²) in [6.45, 7) is 4.84. The molecule has 0 saturated heterocycles. The van der Waals surface area contributed by atoms with Gasteiger partial charge in [0, 0.05) is 23.1 Å². The molecule has 0 aliphatic rings. The Morgan fingerprint density at radius 3 is 2.82 bits per heavy atom. The molecule has 4 rings (SSSR count). The summed E-state index contributed by atoms with van der Waals surface area (Å²) in [6.07, 6.45) is 0.544. The lowest BCUT2D eigenvalue weighted by Gasteiger charge is -2.13. The van der Waals surface area contributed by atoms with Crippen molar-refractivity contribution in [2.24, 2.45) is 5.92 Å². The fourth-order valence-corrected chi connectivity index (χ4v) is 3.16. The number of halogens is 2. The Kier molecular flexibility index (Phi) is 5.09. The Morgan fingerprint density at radius 2 is 2.00 bits per heavy atom. The van der Waals surface area contributed by atoms with Gasteiger partial charge in [-0.15, -0.1) is 0 Å². The van der Waals surface area contributed by atoms with E-state index in [0.29, 0.717) is 41.1 Å². The van der Waals surface area contributed by atoms with E-state index in [9.17, 15) is 4.39 Å². The van der Waals surface area contributed by atoms with Crippen LogP contribution in [0.1, 0.15) is 25.2 Å². The van der Waals surface area contributed by atoms with E-state index in [1.54, 1.807) is 6.07 Å². The normalized spacial score (nSPS) is 11.5. The number of furan rings is 1. The van der Waals surface area contributed by atoms with Gasteiger partial charge in [0.1, 0.15) is 17.3 Å². The average molecular weight is 399 g/mol. The highest BCUT2D eigenvalue weighted by Gasteiger charge is 2.13. The number of fused-ring (bicyclic) bond motifs is 1. The van der Waals surface area contributed by atoms with Gasteiger partial charge in [-0.1, -0.05) is 25.4 Å². The first-order chi connectivity index (χ1) is 13.5. The molecule has 0 spiro atoms. The lowest BCUT2D eigenvalue weighted by molar-refractivity contribution is 0.268. The number of H-pyrrole nitrogens is 1. The summed E-state index contributed by atoms with van der Waals surface area (Å²) >= 11 is 6.17. The second-order valence-corrected chi connectivity index (χ2v) is 7.58. The topological polar surface area (TPSA) is 51.0 Å². The molecule has 2 heterocycles. The summed E-state index contributed by atoms with van der Waals surface area (Å²) in [5.41, 5.74) is 2.28. The van der Waals surface area contributed by atoms with Gasteiger partial charge in [-0.25, -0.2) is 9.37 Å². The largest absolute Gasteiger partial charge is 0.493 e. The van der Waals surface area contributed by atoms with Crippen LogP contribution in [0.4, 0.5) is 4.39 Å². The van der Waals surface area contributed by atoms with Crippen LogP contribution in [0.5, 0.6) is 5.75 Å². The van der Waals surface area contributed by atoms with Crippen molar-refractivity contribution >= 4 is 22.6 Å². The van der Waals surface area contributed by atoms with Crippen LogP contribution >= 0.6 is 11.6 Å². The molecule has 4 nitrogen and oxygen atoms in total. The number of aromatic nitrogens is 2. The van der Waals surface area contributed by atoms with Crippen molar-refractivity contribution < 1.29 is 13.5 Å². The number of hydrogen-bond donors (Lipinski definition) is 1. The highest BCUT2D eigenvalue weighted by atomic mass is 35.5. The summed E-state index contributed by atoms with van der Waals surface area (Å²) in [6, 6.07) is 13.8. The molecule has 0 unspecified atom stereocenters. The van der Waals surface area contributed by atoms with Crippen LogP contribution in [0.3, 0.4) is 0 Å². The predicted molar refractivity (Wildman–Crippen MR) is 108 cm³/mol. The molecule has 0 aliphatic heterocycles. The van der Waals surface area contributed by atoms with Crippen molar-refractivity contribution in [1.82, 2.24) is 9.97 Å². The van der Waals surface area contributed by atoms with Crippen molar-refractivity contribution in [3.05, 3.63) is 70.7 Å². The Morgan fingerprint density at radius 1 is 1.14 bits per heavy atom. The number of ether oxygens (including phenoxy) is 1. The smallest absolute Gasteiger partial charge is 0.174 e. The molecule has 2 aromatic carbocycles. The number of benzene rings is 2. The van der Waals surface area contributed by atoms with E-state index in [1.165, 1.54) is 12.1 Å². The predicted octanol–water partition coefficient (Wildman–Crippen LogP) is 6.24. The van der Waals surface area contributed by atoms with Gasteiger partial charge in [0.05, 0.1) is 17.6 Å². The molecule has 28 heavy (non-hydrogen) atoms. The molecule has 0 amide bonds. The Labute approximate surface area is 167 Å². The lowest BCUT2D eigenvalue weighted by Crippen LogP contribution is -2.06. The standard InChI is InChI=1S/C22H20ClFN2O2/c1-13(2)12-27-20-7-3-15(23)9-14(20)10-17-5-8-21(28-17)22-25-18-6-4-16(24)11-19(18)26-22/h3-9,11,13H,10,12H2,1-2H3,(H,25,26). The molecular formula is C22H20ClFN2O2. The first-order valence-electron chi connectivity index (χ1n) is 9.13. The van der Waals surface area contributed by atoms with E-state index in [4.69, 9.17) is 20.8 Å². The van der Waals surface area contributed by atoms with E-state index in [0.717, 1.165) is 22.6 Å². The second-order valence-electron chi connectivity index (χ2n) is 7.15. The SMILES string of the molecule is CC(C)COc1ccc(Cl)cc1Cc1ccc(-c2nc3cc(F)ccc3[nH]2)o1. The van der Waals surface area contributed by atoms with E-state index in [1.807, 2.05) is 30.3 Å². The van der Waals surface area contributed by atoms with Crippen LogP contribution in [0, 0.1) is 11.7 Å². The summed E-state index contributed by atoms with van der Waals surface area (Å²) < 4.78 is 25.3. The van der Waals surface area contributed by atoms with Crippen LogP contribution in [0.15, 0.2) is 52.9 Å². The molecule has 0 atom stereocenters. The zero-order chi connectivity index (χ0) is 19.7. The summed E-state index contributed by atoms with van der Waals surface area (Å²) in [5, 5.41) is 0.651. The fraction of sp³-hybridized carbons (Fsp3) is 0.227. The molecule has 1 N–H and O–H groups in total. The minimum atomic E-state index is -0.319. The molecule has 144 valence electrons. The number of imidazole rings is 1. The minimum Gasteiger partial charge on any atom is -0.493 e. The summed E-state index contributed by atoms with van der Waals surface area (Å²) in [5.74, 6) is 2.83. The van der Waals surface area contributed by atoms with Gasteiger partial charge in [0.25, 0.3) is 0 Å². The van der Waals surface area contributed by atoms with Crippen LogP contribution in [-0.2, 0) is 6.42 Å². The Bertz CT molecular complexity index is 1120. The molecular weight excluding hydrogens is 379 g/mol. The zero-order valence-electron chi connectivity index (χ0n) is 15.6. The molecule has 0 bridgehead atoms. The van der Waals surface area contributed by atoms with Gasteiger partial charge in [-0.3, -0.25) is 0 Å². The molecule has 4 aromatic rings. The fourth-order valence-electron chi connectivity index (χ4n) is 2.97. The van der Waals surface area contributed by atoms with E-state index in [-0.39, 0.29) is 5.82 Å². The van der Waals surface area contributed by atoms with Crippen LogP contribution < -0.4 is 4.74 Å². The van der Waals surface area contributed by atoms with Gasteiger partial charge >= 0.3 is 0 Å². The third kappa shape index (κ3) is 4.04. The van der Waals surface area contributed by atoms with Gasteiger partial charge in [-0.2, -0.15) is 0 Å². The van der Waals surface area contributed by atoms with Crippen molar-refractivity contribution in [2.75, 3.05) is 6.61 Å². The number of aromatic amines is 1. The highest BCUT2D eigenvalue weighted by Crippen LogP contribution is 2.29. The first-order valence-corrected chi connectivity index (χ1v) is 9.51. The summed E-state index contributed by atoms with van der Waals surface area (Å²) in [7, 11) is 0. The summed E-state index contributed by atoms with van der Waals surface area (Å²) in [4.78, 5) is 7.56. The van der Waals surface area contributed by atoms with Crippen molar-refractivity contribution in [1.29, 1.82) is 0 Å². The molecule has 0 fully saturated rings. The third-order valence-electron chi connectivity index (χ3n) is 4.30. The quantitative estimate of drug-likeness (QED) is 0.418. The van der Waals surface area contributed by atoms with Crippen molar-refractivity contribution in [3.63, 3.8) is 0 Å². The van der Waals surface area contributed by atoms with E-state index in [2.05, 4.69) is 23.8 Å². The maximum atomic E-state index is 13.4. The van der Waals surface area contributed by atoms with Crippen molar-refractivity contribution in [3.8, 4) is 17.3 Å². The monoisotopic (exact) mass is 398 g/mol. The average Bonchev–Trinajstić information content (AvgIpc) is 3.27. The Hall–Kier alpha value is -2.79. The van der Waals surface area contributed by atoms with Gasteiger partial charge in [0.15, 0.2) is 11.6 Å². The molecule has 0 aliphatic carbocycles. The number of hydrogen-bond acceptors (Lipinski definition) is 3. The van der Waals surface area contributed by atoms with E-state index < -0.39 is 0 Å². The van der Waals surface area contributed by atoms with Crippen LogP contribution in [-0.4, -0.2) is 16.6 Å².